The highest BCUT2D eigenvalue weighted by Crippen LogP contribution is 2.38. The van der Waals surface area contributed by atoms with Crippen LogP contribution in [0.15, 0.2) is 6.07 Å². The number of piperazine rings is 1. The molecule has 1 aromatic heterocycles. The van der Waals surface area contributed by atoms with E-state index < -0.39 is 0 Å². The van der Waals surface area contributed by atoms with Gasteiger partial charge in [-0.05, 0) is 52.0 Å². The summed E-state index contributed by atoms with van der Waals surface area (Å²) in [5.41, 5.74) is 3.23. The van der Waals surface area contributed by atoms with Crippen molar-refractivity contribution in [2.75, 3.05) is 26.2 Å². The van der Waals surface area contributed by atoms with Crippen LogP contribution in [0.2, 0.25) is 0 Å². The van der Waals surface area contributed by atoms with Gasteiger partial charge >= 0.3 is 0 Å². The van der Waals surface area contributed by atoms with Crippen molar-refractivity contribution < 1.29 is 9.90 Å². The Kier molecular flexibility index (Phi) is 4.17. The van der Waals surface area contributed by atoms with E-state index in [0.717, 1.165) is 56.7 Å². The maximum absolute atomic E-state index is 13.0. The lowest BCUT2D eigenvalue weighted by Gasteiger charge is -2.39. The monoisotopic (exact) mass is 331 g/mol. The molecule has 132 valence electrons. The van der Waals surface area contributed by atoms with Gasteiger partial charge < -0.3 is 14.6 Å². The molecular weight excluding hydrogens is 302 g/mol. The molecule has 0 radical (unpaired) electrons. The van der Waals surface area contributed by atoms with Crippen LogP contribution in [-0.2, 0) is 0 Å². The molecule has 0 bridgehead atoms. The maximum Gasteiger partial charge on any atom is 0.255 e. The molecule has 3 fully saturated rings. The highest BCUT2D eigenvalue weighted by atomic mass is 16.3. The average Bonchev–Trinajstić information content (AvgIpc) is 3.24. The van der Waals surface area contributed by atoms with Gasteiger partial charge in [-0.3, -0.25) is 9.69 Å². The van der Waals surface area contributed by atoms with Crippen LogP contribution in [0.5, 0.6) is 0 Å². The molecule has 3 aliphatic rings. The first kappa shape index (κ1) is 16.2. The Labute approximate surface area is 144 Å². The Balaban J connectivity index is 1.42. The summed E-state index contributed by atoms with van der Waals surface area (Å²) in [7, 11) is 0. The second-order valence-electron chi connectivity index (χ2n) is 7.78. The molecule has 2 heterocycles. The Morgan fingerprint density at radius 2 is 1.79 bits per heavy atom. The zero-order valence-electron chi connectivity index (χ0n) is 14.9. The van der Waals surface area contributed by atoms with Gasteiger partial charge in [-0.15, -0.1) is 0 Å². The molecule has 1 amide bonds. The second kappa shape index (κ2) is 6.19. The summed E-state index contributed by atoms with van der Waals surface area (Å²) in [4.78, 5) is 17.3. The molecule has 2 saturated carbocycles. The van der Waals surface area contributed by atoms with Gasteiger partial charge in [0.2, 0.25) is 0 Å². The van der Waals surface area contributed by atoms with E-state index in [1.165, 1.54) is 18.5 Å². The van der Waals surface area contributed by atoms with Gasteiger partial charge in [-0.2, -0.15) is 0 Å². The summed E-state index contributed by atoms with van der Waals surface area (Å²) in [5.74, 6) is 0.182. The quantitative estimate of drug-likeness (QED) is 0.923. The van der Waals surface area contributed by atoms with Crippen molar-refractivity contribution >= 4 is 5.91 Å². The lowest BCUT2D eigenvalue weighted by atomic mass is 10.1. The van der Waals surface area contributed by atoms with Crippen molar-refractivity contribution in [3.63, 3.8) is 0 Å². The molecule has 2 aliphatic carbocycles. The first-order chi connectivity index (χ1) is 11.6. The zero-order chi connectivity index (χ0) is 16.8. The smallest absolute Gasteiger partial charge is 0.255 e. The Morgan fingerprint density at radius 1 is 1.08 bits per heavy atom. The topological polar surface area (TPSA) is 48.7 Å². The molecular formula is C19H29N3O2. The van der Waals surface area contributed by atoms with E-state index in [0.29, 0.717) is 12.1 Å². The van der Waals surface area contributed by atoms with Crippen LogP contribution in [-0.4, -0.2) is 63.7 Å². The molecule has 4 rings (SSSR count). The van der Waals surface area contributed by atoms with Gasteiger partial charge in [0.05, 0.1) is 11.7 Å². The average molecular weight is 331 g/mol. The number of aromatic nitrogens is 1. The van der Waals surface area contributed by atoms with Crippen LogP contribution in [0.25, 0.3) is 0 Å². The van der Waals surface area contributed by atoms with E-state index in [4.69, 9.17) is 0 Å². The lowest BCUT2D eigenvalue weighted by molar-refractivity contribution is 0.0315. The standard InChI is InChI=1S/C19H29N3O2/c1-13-12-16(14(2)22(13)15-6-7-15)19(24)21-10-8-20(9-11-21)17-4-3-5-18(17)23/h12,15,17-18,23H,3-11H2,1-2H3/t17-,18+/m1/s1. The molecule has 0 spiro atoms. The van der Waals surface area contributed by atoms with Crippen LogP contribution in [0, 0.1) is 13.8 Å². The predicted octanol–water partition coefficient (Wildman–Crippen LogP) is 2.11. The maximum atomic E-state index is 13.0. The molecule has 24 heavy (non-hydrogen) atoms. The number of hydrogen-bond acceptors (Lipinski definition) is 3. The third-order valence-electron chi connectivity index (χ3n) is 6.14. The summed E-state index contributed by atoms with van der Waals surface area (Å²) in [5, 5.41) is 10.1. The second-order valence-corrected chi connectivity index (χ2v) is 7.78. The zero-order valence-corrected chi connectivity index (χ0v) is 14.9. The summed E-state index contributed by atoms with van der Waals surface area (Å²) < 4.78 is 2.35. The van der Waals surface area contributed by atoms with Gasteiger partial charge in [-0.25, -0.2) is 0 Å². The van der Waals surface area contributed by atoms with Crippen LogP contribution in [0.4, 0.5) is 0 Å². The number of rotatable bonds is 3. The molecule has 1 aliphatic heterocycles. The van der Waals surface area contributed by atoms with Crippen molar-refractivity contribution in [3.05, 3.63) is 23.0 Å². The van der Waals surface area contributed by atoms with Crippen molar-refractivity contribution in [2.24, 2.45) is 0 Å². The summed E-state index contributed by atoms with van der Waals surface area (Å²) in [6.45, 7) is 7.51. The highest BCUT2D eigenvalue weighted by molar-refractivity contribution is 5.95. The third-order valence-corrected chi connectivity index (χ3v) is 6.14. The first-order valence-corrected chi connectivity index (χ1v) is 9.46. The number of amides is 1. The van der Waals surface area contributed by atoms with Crippen molar-refractivity contribution in [2.45, 2.75) is 64.1 Å². The van der Waals surface area contributed by atoms with Crippen LogP contribution in [0.3, 0.4) is 0 Å². The summed E-state index contributed by atoms with van der Waals surface area (Å²) in [6.07, 6.45) is 5.45. The van der Waals surface area contributed by atoms with Gasteiger partial charge in [0, 0.05) is 49.7 Å². The van der Waals surface area contributed by atoms with Crippen LogP contribution in [0.1, 0.15) is 59.9 Å². The summed E-state index contributed by atoms with van der Waals surface area (Å²) in [6, 6.07) is 3.00. The van der Waals surface area contributed by atoms with Gasteiger partial charge in [-0.1, -0.05) is 0 Å². The number of hydrogen-bond donors (Lipinski definition) is 1. The largest absolute Gasteiger partial charge is 0.391 e. The lowest BCUT2D eigenvalue weighted by Crippen LogP contribution is -2.53. The fraction of sp³-hybridized carbons (Fsp3) is 0.737. The summed E-state index contributed by atoms with van der Waals surface area (Å²) >= 11 is 0. The minimum atomic E-state index is -0.176. The fourth-order valence-electron chi connectivity index (χ4n) is 4.66. The minimum absolute atomic E-state index is 0.176. The normalized spacial score (nSPS) is 28.5. The van der Waals surface area contributed by atoms with E-state index in [9.17, 15) is 9.90 Å². The van der Waals surface area contributed by atoms with E-state index in [2.05, 4.69) is 29.4 Å². The Bertz CT molecular complexity index is 627. The van der Waals surface area contributed by atoms with Gasteiger partial charge in [0.15, 0.2) is 0 Å². The molecule has 2 atom stereocenters. The van der Waals surface area contributed by atoms with E-state index in [1.54, 1.807) is 0 Å². The van der Waals surface area contributed by atoms with Crippen molar-refractivity contribution in [1.82, 2.24) is 14.4 Å². The number of carbonyl (C=O) groups is 1. The van der Waals surface area contributed by atoms with E-state index in [1.807, 2.05) is 4.90 Å². The van der Waals surface area contributed by atoms with Gasteiger partial charge in [0.25, 0.3) is 5.91 Å². The first-order valence-electron chi connectivity index (χ1n) is 9.46. The van der Waals surface area contributed by atoms with Crippen LogP contribution < -0.4 is 0 Å². The molecule has 0 aromatic carbocycles. The molecule has 1 N–H and O–H groups in total. The van der Waals surface area contributed by atoms with Crippen LogP contribution >= 0.6 is 0 Å². The molecule has 1 saturated heterocycles. The number of nitrogens with zero attached hydrogens (tertiary/aromatic N) is 3. The van der Waals surface area contributed by atoms with Gasteiger partial charge in [0.1, 0.15) is 0 Å². The van der Waals surface area contributed by atoms with Crippen molar-refractivity contribution in [3.8, 4) is 0 Å². The Morgan fingerprint density at radius 3 is 2.38 bits per heavy atom. The predicted molar refractivity (Wildman–Crippen MR) is 93.3 cm³/mol. The number of aliphatic hydroxyl groups is 1. The Hall–Kier alpha value is -1.33. The SMILES string of the molecule is Cc1cc(C(=O)N2CCN([C@@H]3CCC[C@@H]3O)CC2)c(C)n1C1CC1. The minimum Gasteiger partial charge on any atom is -0.391 e. The molecule has 0 unspecified atom stereocenters. The number of aliphatic hydroxyl groups excluding tert-OH is 1. The molecule has 5 heteroatoms. The molecule has 5 nitrogen and oxygen atoms in total. The molecule has 1 aromatic rings. The number of carbonyl (C=O) groups excluding carboxylic acids is 1. The third kappa shape index (κ3) is 2.78. The van der Waals surface area contributed by atoms with Crippen molar-refractivity contribution in [1.29, 1.82) is 0 Å². The highest BCUT2D eigenvalue weighted by Gasteiger charge is 2.34. The van der Waals surface area contributed by atoms with E-state index in [-0.39, 0.29) is 12.0 Å². The number of aryl methyl sites for hydroxylation is 1. The van der Waals surface area contributed by atoms with E-state index >= 15 is 0 Å². The fourth-order valence-corrected chi connectivity index (χ4v) is 4.66.